The molecule has 0 aliphatic heterocycles. The molecule has 1 saturated carbocycles. The largest absolute Gasteiger partial charge is 0.480 e. The molecular formula is C27H31N5O3. The predicted molar refractivity (Wildman–Crippen MR) is 133 cm³/mol. The summed E-state index contributed by atoms with van der Waals surface area (Å²) < 4.78 is 7.06. The van der Waals surface area contributed by atoms with E-state index in [1.807, 2.05) is 24.1 Å². The van der Waals surface area contributed by atoms with Crippen LogP contribution >= 0.6 is 0 Å². The lowest BCUT2D eigenvalue weighted by Gasteiger charge is -2.22. The second kappa shape index (κ2) is 10.3. The molecule has 0 bridgehead atoms. The minimum Gasteiger partial charge on any atom is -0.480 e. The maximum atomic E-state index is 11.4. The normalized spacial score (nSPS) is 14.4. The van der Waals surface area contributed by atoms with Gasteiger partial charge in [0, 0.05) is 13.5 Å². The van der Waals surface area contributed by atoms with E-state index in [-0.39, 0.29) is 6.54 Å². The average Bonchev–Trinajstić information content (AvgIpc) is 3.53. The van der Waals surface area contributed by atoms with Crippen LogP contribution in [0.1, 0.15) is 60.7 Å². The monoisotopic (exact) mass is 473 g/mol. The molecule has 3 heterocycles. The molecule has 1 aromatic carbocycles. The van der Waals surface area contributed by atoms with Crippen molar-refractivity contribution < 1.29 is 14.3 Å². The summed E-state index contributed by atoms with van der Waals surface area (Å²) in [5.41, 5.74) is 3.82. The van der Waals surface area contributed by atoms with E-state index in [1.165, 1.54) is 49.6 Å². The Kier molecular flexibility index (Phi) is 6.79. The second-order valence-corrected chi connectivity index (χ2v) is 9.41. The number of carbonyl (C=O) groups is 1. The first-order valence-corrected chi connectivity index (χ1v) is 12.3. The molecule has 1 aliphatic carbocycles. The van der Waals surface area contributed by atoms with Crippen LogP contribution in [-0.2, 0) is 30.7 Å². The van der Waals surface area contributed by atoms with Crippen LogP contribution in [0.5, 0.6) is 0 Å². The number of hydrogen-bond acceptors (Lipinski definition) is 6. The molecule has 0 radical (unpaired) electrons. The summed E-state index contributed by atoms with van der Waals surface area (Å²) in [4.78, 5) is 27.3. The van der Waals surface area contributed by atoms with Crippen LogP contribution in [0.3, 0.4) is 0 Å². The maximum absolute atomic E-state index is 11.4. The van der Waals surface area contributed by atoms with E-state index >= 15 is 0 Å². The highest BCUT2D eigenvalue weighted by Gasteiger charge is 2.19. The van der Waals surface area contributed by atoms with Gasteiger partial charge < -0.3 is 19.0 Å². The van der Waals surface area contributed by atoms with Crippen molar-refractivity contribution in [3.8, 4) is 0 Å². The van der Waals surface area contributed by atoms with Crippen molar-refractivity contribution in [1.29, 1.82) is 0 Å². The Labute approximate surface area is 204 Å². The predicted octanol–water partition coefficient (Wildman–Crippen LogP) is 4.97. The molecule has 4 aromatic rings. The quantitative estimate of drug-likeness (QED) is 0.366. The van der Waals surface area contributed by atoms with Crippen LogP contribution in [0.25, 0.3) is 11.2 Å². The molecule has 0 amide bonds. The van der Waals surface area contributed by atoms with Crippen molar-refractivity contribution in [3.63, 3.8) is 0 Å². The molecule has 3 aromatic heterocycles. The summed E-state index contributed by atoms with van der Waals surface area (Å²) in [6, 6.07) is 12.8. The summed E-state index contributed by atoms with van der Waals surface area (Å²) in [5, 5.41) is 9.32. The van der Waals surface area contributed by atoms with Crippen molar-refractivity contribution in [3.05, 3.63) is 71.7 Å². The molecule has 35 heavy (non-hydrogen) atoms. The second-order valence-electron chi connectivity index (χ2n) is 9.41. The number of furan rings is 1. The van der Waals surface area contributed by atoms with Gasteiger partial charge in [0.2, 0.25) is 0 Å². The van der Waals surface area contributed by atoms with Gasteiger partial charge in [-0.1, -0.05) is 43.5 Å². The Morgan fingerprint density at radius 1 is 1.11 bits per heavy atom. The Hall–Kier alpha value is -3.68. The van der Waals surface area contributed by atoms with Crippen molar-refractivity contribution in [2.45, 2.75) is 64.0 Å². The van der Waals surface area contributed by atoms with Crippen molar-refractivity contribution in [2.75, 3.05) is 11.9 Å². The third-order valence-corrected chi connectivity index (χ3v) is 6.83. The summed E-state index contributed by atoms with van der Waals surface area (Å²) in [7, 11) is 1.92. The molecule has 5 rings (SSSR count). The third-order valence-electron chi connectivity index (χ3n) is 6.83. The van der Waals surface area contributed by atoms with Crippen LogP contribution in [0.4, 0.5) is 5.82 Å². The molecule has 8 nitrogen and oxygen atoms in total. The Morgan fingerprint density at radius 2 is 1.91 bits per heavy atom. The lowest BCUT2D eigenvalue weighted by atomic mass is 9.84. The van der Waals surface area contributed by atoms with E-state index in [4.69, 9.17) is 14.4 Å². The highest BCUT2D eigenvalue weighted by molar-refractivity contribution is 5.84. The number of rotatable bonds is 9. The fourth-order valence-corrected chi connectivity index (χ4v) is 4.97. The molecule has 1 N–H and O–H groups in total. The molecule has 1 aliphatic rings. The van der Waals surface area contributed by atoms with Gasteiger partial charge in [0.15, 0.2) is 17.0 Å². The Balaban J connectivity index is 1.37. The van der Waals surface area contributed by atoms with Gasteiger partial charge in [0.1, 0.15) is 18.1 Å². The first-order valence-electron chi connectivity index (χ1n) is 12.3. The molecule has 1 fully saturated rings. The summed E-state index contributed by atoms with van der Waals surface area (Å²) in [6.45, 7) is 0.323. The summed E-state index contributed by atoms with van der Waals surface area (Å²) in [6.07, 6.45) is 11.3. The fourth-order valence-electron chi connectivity index (χ4n) is 4.97. The SMILES string of the molecule is CN(Cc1ccco1)c1nc(CCc2ccc(C3CCCCC3)cc2)nc2c1ncn2CC(=O)O. The van der Waals surface area contributed by atoms with Crippen LogP contribution in [0.2, 0.25) is 0 Å². The van der Waals surface area contributed by atoms with E-state index in [1.54, 1.807) is 10.8 Å². The molecule has 8 heteroatoms. The Bertz CT molecular complexity index is 1270. The highest BCUT2D eigenvalue weighted by Crippen LogP contribution is 2.32. The topological polar surface area (TPSA) is 97.3 Å². The Morgan fingerprint density at radius 3 is 2.63 bits per heavy atom. The van der Waals surface area contributed by atoms with Gasteiger partial charge >= 0.3 is 5.97 Å². The van der Waals surface area contributed by atoms with Crippen LogP contribution in [-0.4, -0.2) is 37.6 Å². The van der Waals surface area contributed by atoms with Crippen LogP contribution in [0, 0.1) is 0 Å². The first-order chi connectivity index (χ1) is 17.1. The molecule has 0 unspecified atom stereocenters. The number of imidazole rings is 1. The zero-order chi connectivity index (χ0) is 24.2. The molecule has 0 spiro atoms. The summed E-state index contributed by atoms with van der Waals surface area (Å²) in [5.74, 6) is 1.91. The smallest absolute Gasteiger partial charge is 0.323 e. The highest BCUT2D eigenvalue weighted by atomic mass is 16.4. The molecular weight excluding hydrogens is 442 g/mol. The number of carboxylic acids is 1. The van der Waals surface area contributed by atoms with Crippen molar-refractivity contribution >= 4 is 23.0 Å². The van der Waals surface area contributed by atoms with Gasteiger partial charge in [0.05, 0.1) is 19.1 Å². The number of anilines is 1. The summed E-state index contributed by atoms with van der Waals surface area (Å²) >= 11 is 0. The van der Waals surface area contributed by atoms with E-state index in [2.05, 4.69) is 29.2 Å². The zero-order valence-electron chi connectivity index (χ0n) is 20.1. The third kappa shape index (κ3) is 5.37. The number of aryl methyl sites for hydroxylation is 2. The number of hydrogen-bond donors (Lipinski definition) is 1. The van der Waals surface area contributed by atoms with Gasteiger partial charge in [-0.3, -0.25) is 4.79 Å². The maximum Gasteiger partial charge on any atom is 0.323 e. The van der Waals surface area contributed by atoms with Crippen molar-refractivity contribution in [2.24, 2.45) is 0 Å². The van der Waals surface area contributed by atoms with Crippen molar-refractivity contribution in [1.82, 2.24) is 19.5 Å². The van der Waals surface area contributed by atoms with E-state index in [9.17, 15) is 9.90 Å². The van der Waals surface area contributed by atoms with Crippen LogP contribution in [0.15, 0.2) is 53.4 Å². The number of benzene rings is 1. The molecule has 182 valence electrons. The van der Waals surface area contributed by atoms with Gasteiger partial charge in [-0.2, -0.15) is 0 Å². The fraction of sp³-hybridized carbons (Fsp3) is 0.407. The lowest BCUT2D eigenvalue weighted by Crippen LogP contribution is -2.19. The number of aliphatic carboxylic acids is 1. The van der Waals surface area contributed by atoms with E-state index in [0.29, 0.717) is 41.7 Å². The standard InChI is InChI=1S/C27H31N5O3/c1-31(16-22-8-5-15-35-22)26-25-27(32(18-28-25)17-24(33)34)30-23(29-26)14-11-19-9-12-21(13-10-19)20-6-3-2-4-7-20/h5,8-10,12-13,15,18,20H,2-4,6-7,11,14,16-17H2,1H3,(H,33,34). The van der Waals surface area contributed by atoms with E-state index in [0.717, 1.165) is 12.2 Å². The molecule has 0 atom stereocenters. The number of carboxylic acid groups (broad SMARTS) is 1. The average molecular weight is 474 g/mol. The number of nitrogens with zero attached hydrogens (tertiary/aromatic N) is 5. The minimum absolute atomic E-state index is 0.197. The van der Waals surface area contributed by atoms with Gasteiger partial charge in [-0.15, -0.1) is 0 Å². The van der Waals surface area contributed by atoms with Gasteiger partial charge in [-0.25, -0.2) is 15.0 Å². The van der Waals surface area contributed by atoms with Crippen LogP contribution < -0.4 is 4.90 Å². The first kappa shape index (κ1) is 23.1. The lowest BCUT2D eigenvalue weighted by molar-refractivity contribution is -0.137. The number of fused-ring (bicyclic) bond motifs is 1. The zero-order valence-corrected chi connectivity index (χ0v) is 20.1. The number of aromatic nitrogens is 4. The van der Waals surface area contributed by atoms with Gasteiger partial charge in [0.25, 0.3) is 0 Å². The minimum atomic E-state index is -0.937. The van der Waals surface area contributed by atoms with Gasteiger partial charge in [-0.05, 0) is 48.4 Å². The molecule has 0 saturated heterocycles. The van der Waals surface area contributed by atoms with E-state index < -0.39 is 5.97 Å².